The van der Waals surface area contributed by atoms with Crippen LogP contribution in [-0.2, 0) is 0 Å². The molecule has 3 rings (SSSR count). The lowest BCUT2D eigenvalue weighted by molar-refractivity contribution is 0.311. The molecule has 1 heterocycles. The summed E-state index contributed by atoms with van der Waals surface area (Å²) in [4.78, 5) is 4.52. The number of methoxy groups -OCH3 is 1. The van der Waals surface area contributed by atoms with E-state index in [4.69, 9.17) is 21.1 Å². The highest BCUT2D eigenvalue weighted by Crippen LogP contribution is 2.32. The molecule has 6 heteroatoms. The number of rotatable bonds is 5. The second-order valence-electron chi connectivity index (χ2n) is 4.79. The van der Waals surface area contributed by atoms with Gasteiger partial charge in [0.15, 0.2) is 23.1 Å². The van der Waals surface area contributed by atoms with Crippen molar-refractivity contribution in [3.63, 3.8) is 0 Å². The first-order chi connectivity index (χ1) is 11.2. The average molecular weight is 330 g/mol. The highest BCUT2D eigenvalue weighted by molar-refractivity contribution is 6.33. The van der Waals surface area contributed by atoms with Gasteiger partial charge in [0, 0.05) is 11.1 Å². The number of aromatic amines is 1. The van der Waals surface area contributed by atoms with Crippen LogP contribution in [0.15, 0.2) is 42.5 Å². The van der Waals surface area contributed by atoms with Crippen LogP contribution in [0.3, 0.4) is 0 Å². The van der Waals surface area contributed by atoms with Gasteiger partial charge in [0.1, 0.15) is 0 Å². The van der Waals surface area contributed by atoms with Crippen LogP contribution in [0.25, 0.3) is 22.8 Å². The van der Waals surface area contributed by atoms with Crippen LogP contribution in [0.1, 0.15) is 6.92 Å². The molecule has 0 atom stereocenters. The quantitative estimate of drug-likeness (QED) is 0.762. The van der Waals surface area contributed by atoms with Crippen molar-refractivity contribution in [1.29, 1.82) is 0 Å². The van der Waals surface area contributed by atoms with E-state index in [1.54, 1.807) is 7.11 Å². The van der Waals surface area contributed by atoms with Gasteiger partial charge >= 0.3 is 0 Å². The minimum absolute atomic E-state index is 0.571. The lowest BCUT2D eigenvalue weighted by Crippen LogP contribution is -1.95. The van der Waals surface area contributed by atoms with Crippen molar-refractivity contribution in [1.82, 2.24) is 15.2 Å². The highest BCUT2D eigenvalue weighted by atomic mass is 35.5. The molecule has 0 spiro atoms. The molecule has 0 aliphatic rings. The van der Waals surface area contributed by atoms with E-state index in [-0.39, 0.29) is 0 Å². The van der Waals surface area contributed by atoms with Crippen LogP contribution in [0.2, 0.25) is 5.02 Å². The number of ether oxygens (including phenoxy) is 2. The lowest BCUT2D eigenvalue weighted by Gasteiger charge is -2.09. The van der Waals surface area contributed by atoms with E-state index in [0.717, 1.165) is 11.1 Å². The predicted molar refractivity (Wildman–Crippen MR) is 90.0 cm³/mol. The molecule has 0 saturated carbocycles. The molecule has 118 valence electrons. The van der Waals surface area contributed by atoms with Gasteiger partial charge in [-0.05, 0) is 37.3 Å². The molecule has 0 aliphatic carbocycles. The highest BCUT2D eigenvalue weighted by Gasteiger charge is 2.12. The Morgan fingerprint density at radius 3 is 2.70 bits per heavy atom. The summed E-state index contributed by atoms with van der Waals surface area (Å²) in [5.41, 5.74) is 1.64. The van der Waals surface area contributed by atoms with Crippen LogP contribution in [0.4, 0.5) is 0 Å². The van der Waals surface area contributed by atoms with E-state index in [0.29, 0.717) is 34.8 Å². The number of benzene rings is 2. The van der Waals surface area contributed by atoms with Gasteiger partial charge in [-0.2, -0.15) is 5.10 Å². The fourth-order valence-corrected chi connectivity index (χ4v) is 2.47. The molecule has 0 amide bonds. The minimum Gasteiger partial charge on any atom is -0.493 e. The zero-order valence-electron chi connectivity index (χ0n) is 12.8. The third-order valence-corrected chi connectivity index (χ3v) is 3.67. The maximum Gasteiger partial charge on any atom is 0.181 e. The summed E-state index contributed by atoms with van der Waals surface area (Å²) in [5.74, 6) is 2.54. The second kappa shape index (κ2) is 6.71. The van der Waals surface area contributed by atoms with Crippen LogP contribution >= 0.6 is 11.6 Å². The molecule has 0 unspecified atom stereocenters. The smallest absolute Gasteiger partial charge is 0.181 e. The Labute approximate surface area is 139 Å². The predicted octanol–water partition coefficient (Wildman–Crippen LogP) is 4.20. The molecule has 1 N–H and O–H groups in total. The van der Waals surface area contributed by atoms with Gasteiger partial charge in [-0.25, -0.2) is 4.98 Å². The van der Waals surface area contributed by atoms with Crippen molar-refractivity contribution in [3.8, 4) is 34.3 Å². The van der Waals surface area contributed by atoms with Crippen molar-refractivity contribution in [2.45, 2.75) is 6.92 Å². The molecule has 2 aromatic carbocycles. The van der Waals surface area contributed by atoms with E-state index < -0.39 is 0 Å². The van der Waals surface area contributed by atoms with Gasteiger partial charge in [-0.15, -0.1) is 0 Å². The summed E-state index contributed by atoms with van der Waals surface area (Å²) in [6.07, 6.45) is 0. The van der Waals surface area contributed by atoms with Crippen molar-refractivity contribution < 1.29 is 9.47 Å². The summed E-state index contributed by atoms with van der Waals surface area (Å²) >= 11 is 6.19. The molecule has 23 heavy (non-hydrogen) atoms. The Bertz CT molecular complexity index is 817. The first-order valence-corrected chi connectivity index (χ1v) is 7.59. The average Bonchev–Trinajstić information content (AvgIpc) is 3.05. The zero-order chi connectivity index (χ0) is 16.2. The summed E-state index contributed by atoms with van der Waals surface area (Å²) in [6.45, 7) is 2.51. The SMILES string of the molecule is CCOc1ccc(-c2n[nH]c(-c3ccccc3Cl)n2)cc1OC. The fourth-order valence-electron chi connectivity index (χ4n) is 2.25. The fraction of sp³-hybridized carbons (Fsp3) is 0.176. The molecular formula is C17H16ClN3O2. The van der Waals surface area contributed by atoms with Crippen molar-refractivity contribution in [2.75, 3.05) is 13.7 Å². The number of hydrogen-bond donors (Lipinski definition) is 1. The first-order valence-electron chi connectivity index (χ1n) is 7.21. The molecule has 3 aromatic rings. The Kier molecular flexibility index (Phi) is 4.48. The number of nitrogens with zero attached hydrogens (tertiary/aromatic N) is 2. The molecule has 5 nitrogen and oxygen atoms in total. The van der Waals surface area contributed by atoms with E-state index in [2.05, 4.69) is 15.2 Å². The van der Waals surface area contributed by atoms with Crippen LogP contribution in [0.5, 0.6) is 11.5 Å². The molecule has 0 saturated heterocycles. The van der Waals surface area contributed by atoms with E-state index >= 15 is 0 Å². The number of halogens is 1. The van der Waals surface area contributed by atoms with Crippen LogP contribution in [0, 0.1) is 0 Å². The number of hydrogen-bond acceptors (Lipinski definition) is 4. The van der Waals surface area contributed by atoms with Gasteiger partial charge in [-0.3, -0.25) is 5.10 Å². The standard InChI is InChI=1S/C17H16ClN3O2/c1-3-23-14-9-8-11(10-15(14)22-2)16-19-17(21-20-16)12-6-4-5-7-13(12)18/h4-10H,3H2,1-2H3,(H,19,20,21). The lowest BCUT2D eigenvalue weighted by atomic mass is 10.2. The van der Waals surface area contributed by atoms with Gasteiger partial charge in [0.05, 0.1) is 18.7 Å². The Hall–Kier alpha value is -2.53. The molecule has 0 aliphatic heterocycles. The molecule has 1 aromatic heterocycles. The zero-order valence-corrected chi connectivity index (χ0v) is 13.6. The third-order valence-electron chi connectivity index (χ3n) is 3.34. The second-order valence-corrected chi connectivity index (χ2v) is 5.19. The van der Waals surface area contributed by atoms with Crippen molar-refractivity contribution in [2.24, 2.45) is 0 Å². The summed E-state index contributed by atoms with van der Waals surface area (Å²) in [7, 11) is 1.61. The molecule has 0 bridgehead atoms. The summed E-state index contributed by atoms with van der Waals surface area (Å²) in [6, 6.07) is 13.1. The Balaban J connectivity index is 1.96. The Morgan fingerprint density at radius 2 is 1.96 bits per heavy atom. The van der Waals surface area contributed by atoms with Gasteiger partial charge in [-0.1, -0.05) is 23.7 Å². The van der Waals surface area contributed by atoms with Gasteiger partial charge in [0.2, 0.25) is 0 Å². The number of nitrogens with one attached hydrogen (secondary N) is 1. The molecule has 0 radical (unpaired) electrons. The minimum atomic E-state index is 0.571. The van der Waals surface area contributed by atoms with Crippen molar-refractivity contribution >= 4 is 11.6 Å². The van der Waals surface area contributed by atoms with Crippen LogP contribution in [-0.4, -0.2) is 28.9 Å². The van der Waals surface area contributed by atoms with E-state index in [9.17, 15) is 0 Å². The molecular weight excluding hydrogens is 314 g/mol. The maximum absolute atomic E-state index is 6.19. The summed E-state index contributed by atoms with van der Waals surface area (Å²) < 4.78 is 10.9. The number of aromatic nitrogens is 3. The first kappa shape index (κ1) is 15.4. The van der Waals surface area contributed by atoms with Crippen molar-refractivity contribution in [3.05, 3.63) is 47.5 Å². The third kappa shape index (κ3) is 3.14. The summed E-state index contributed by atoms with van der Waals surface area (Å²) in [5, 5.41) is 7.81. The largest absolute Gasteiger partial charge is 0.493 e. The molecule has 0 fully saturated rings. The normalized spacial score (nSPS) is 10.6. The Morgan fingerprint density at radius 1 is 1.13 bits per heavy atom. The van der Waals surface area contributed by atoms with E-state index in [1.807, 2.05) is 49.4 Å². The van der Waals surface area contributed by atoms with Gasteiger partial charge < -0.3 is 9.47 Å². The van der Waals surface area contributed by atoms with Gasteiger partial charge in [0.25, 0.3) is 0 Å². The topological polar surface area (TPSA) is 60.0 Å². The number of H-pyrrole nitrogens is 1. The maximum atomic E-state index is 6.19. The van der Waals surface area contributed by atoms with Crippen LogP contribution < -0.4 is 9.47 Å². The van der Waals surface area contributed by atoms with E-state index in [1.165, 1.54) is 0 Å². The monoisotopic (exact) mass is 329 g/mol.